The summed E-state index contributed by atoms with van der Waals surface area (Å²) in [5.41, 5.74) is 0. The number of rotatable bonds is 9. The lowest BCUT2D eigenvalue weighted by molar-refractivity contribution is 0.124. The van der Waals surface area contributed by atoms with Gasteiger partial charge in [-0.25, -0.2) is 9.97 Å². The van der Waals surface area contributed by atoms with Gasteiger partial charge in [-0.05, 0) is 31.6 Å². The molecule has 19 heavy (non-hydrogen) atoms. The second-order valence-electron chi connectivity index (χ2n) is 5.04. The first-order valence-electron chi connectivity index (χ1n) is 7.13. The lowest BCUT2D eigenvalue weighted by Gasteiger charge is -2.08. The van der Waals surface area contributed by atoms with E-state index in [0.717, 1.165) is 56.6 Å². The molecule has 2 rings (SSSR count). The molecule has 1 aromatic heterocycles. The third kappa shape index (κ3) is 5.74. The maximum absolute atomic E-state index is 5.97. The lowest BCUT2D eigenvalue weighted by atomic mass is 10.3. The normalized spacial score (nSPS) is 14.6. The van der Waals surface area contributed by atoms with Gasteiger partial charge in [-0.3, -0.25) is 0 Å². The Labute approximate surface area is 119 Å². The summed E-state index contributed by atoms with van der Waals surface area (Å²) in [5, 5.41) is 3.78. The van der Waals surface area contributed by atoms with Gasteiger partial charge in [0.1, 0.15) is 16.8 Å². The molecule has 1 saturated carbocycles. The van der Waals surface area contributed by atoms with Crippen molar-refractivity contribution in [3.05, 3.63) is 17.0 Å². The Hall–Kier alpha value is -0.870. The lowest BCUT2D eigenvalue weighted by Crippen LogP contribution is -2.09. The van der Waals surface area contributed by atoms with Gasteiger partial charge in [0.2, 0.25) is 0 Å². The van der Waals surface area contributed by atoms with Gasteiger partial charge in [0.05, 0.1) is 0 Å². The van der Waals surface area contributed by atoms with Crippen molar-refractivity contribution in [2.75, 3.05) is 25.1 Å². The molecule has 0 bridgehead atoms. The second kappa shape index (κ2) is 7.65. The number of aromatic nitrogens is 2. The third-order valence-corrected chi connectivity index (χ3v) is 3.23. The van der Waals surface area contributed by atoms with Crippen LogP contribution in [0.2, 0.25) is 5.15 Å². The molecule has 1 aromatic rings. The summed E-state index contributed by atoms with van der Waals surface area (Å²) in [5.74, 6) is 2.46. The molecule has 0 atom stereocenters. The number of hydrogen-bond acceptors (Lipinski definition) is 4. The molecule has 1 aliphatic carbocycles. The summed E-state index contributed by atoms with van der Waals surface area (Å²) in [6.07, 6.45) is 5.56. The van der Waals surface area contributed by atoms with E-state index in [2.05, 4.69) is 22.2 Å². The van der Waals surface area contributed by atoms with E-state index in [1.165, 1.54) is 12.8 Å². The van der Waals surface area contributed by atoms with Crippen LogP contribution >= 0.6 is 11.6 Å². The van der Waals surface area contributed by atoms with Crippen molar-refractivity contribution in [2.24, 2.45) is 5.92 Å². The minimum Gasteiger partial charge on any atom is -0.381 e. The highest BCUT2D eigenvalue weighted by atomic mass is 35.5. The van der Waals surface area contributed by atoms with Crippen LogP contribution in [-0.4, -0.2) is 29.7 Å². The van der Waals surface area contributed by atoms with Gasteiger partial charge in [0, 0.05) is 32.2 Å². The molecule has 0 radical (unpaired) electrons. The Kier molecular flexibility index (Phi) is 5.86. The van der Waals surface area contributed by atoms with Crippen molar-refractivity contribution in [3.63, 3.8) is 0 Å². The molecule has 0 unspecified atom stereocenters. The van der Waals surface area contributed by atoms with Crippen LogP contribution in [-0.2, 0) is 11.2 Å². The number of halogens is 1. The number of hydrogen-bond donors (Lipinski definition) is 1. The van der Waals surface area contributed by atoms with E-state index in [-0.39, 0.29) is 0 Å². The molecule has 0 aromatic carbocycles. The average Bonchev–Trinajstić information content (AvgIpc) is 3.17. The maximum atomic E-state index is 5.97. The average molecular weight is 284 g/mol. The Morgan fingerprint density at radius 2 is 2.26 bits per heavy atom. The minimum atomic E-state index is 0.505. The number of anilines is 1. The van der Waals surface area contributed by atoms with Crippen LogP contribution in [0.3, 0.4) is 0 Å². The van der Waals surface area contributed by atoms with E-state index in [0.29, 0.717) is 5.15 Å². The fourth-order valence-corrected chi connectivity index (χ4v) is 2.02. The number of aryl methyl sites for hydroxylation is 1. The molecule has 1 fully saturated rings. The molecule has 1 N–H and O–H groups in total. The monoisotopic (exact) mass is 283 g/mol. The SMILES string of the molecule is CCCc1nc(Cl)cc(NCCCOCC2CC2)n1. The molecule has 1 aliphatic rings. The van der Waals surface area contributed by atoms with E-state index in [4.69, 9.17) is 16.3 Å². The summed E-state index contributed by atoms with van der Waals surface area (Å²) in [6.45, 7) is 4.70. The van der Waals surface area contributed by atoms with Crippen LogP contribution < -0.4 is 5.32 Å². The predicted molar refractivity (Wildman–Crippen MR) is 77.7 cm³/mol. The van der Waals surface area contributed by atoms with Crippen LogP contribution in [0.1, 0.15) is 38.4 Å². The smallest absolute Gasteiger partial charge is 0.134 e. The Morgan fingerprint density at radius 1 is 1.42 bits per heavy atom. The van der Waals surface area contributed by atoms with Crippen LogP contribution in [0.4, 0.5) is 5.82 Å². The minimum absolute atomic E-state index is 0.505. The molecular weight excluding hydrogens is 262 g/mol. The van der Waals surface area contributed by atoms with Crippen LogP contribution in [0.25, 0.3) is 0 Å². The number of ether oxygens (including phenoxy) is 1. The molecule has 0 spiro atoms. The van der Waals surface area contributed by atoms with E-state index in [1.807, 2.05) is 0 Å². The van der Waals surface area contributed by atoms with E-state index in [9.17, 15) is 0 Å². The molecule has 106 valence electrons. The van der Waals surface area contributed by atoms with Crippen molar-refractivity contribution in [2.45, 2.75) is 39.0 Å². The zero-order valence-corrected chi connectivity index (χ0v) is 12.2. The van der Waals surface area contributed by atoms with Crippen molar-refractivity contribution in [1.29, 1.82) is 0 Å². The summed E-state index contributed by atoms with van der Waals surface area (Å²) in [4.78, 5) is 8.63. The molecule has 5 heteroatoms. The van der Waals surface area contributed by atoms with Crippen molar-refractivity contribution in [1.82, 2.24) is 9.97 Å². The first kappa shape index (κ1) is 14.5. The van der Waals surface area contributed by atoms with Gasteiger partial charge >= 0.3 is 0 Å². The van der Waals surface area contributed by atoms with Gasteiger partial charge in [-0.15, -0.1) is 0 Å². The van der Waals surface area contributed by atoms with Crippen molar-refractivity contribution >= 4 is 17.4 Å². The fourth-order valence-electron chi connectivity index (χ4n) is 1.82. The maximum Gasteiger partial charge on any atom is 0.134 e. The molecule has 0 saturated heterocycles. The summed E-state index contributed by atoms with van der Waals surface area (Å²) < 4.78 is 5.58. The Morgan fingerprint density at radius 3 is 3.00 bits per heavy atom. The number of nitrogens with one attached hydrogen (secondary N) is 1. The standard InChI is InChI=1S/C14H22ClN3O/c1-2-4-13-17-12(15)9-14(18-13)16-7-3-8-19-10-11-5-6-11/h9,11H,2-8,10H2,1H3,(H,16,17,18). The van der Waals surface area contributed by atoms with Gasteiger partial charge < -0.3 is 10.1 Å². The van der Waals surface area contributed by atoms with E-state index < -0.39 is 0 Å². The van der Waals surface area contributed by atoms with E-state index in [1.54, 1.807) is 6.07 Å². The first-order chi connectivity index (χ1) is 9.28. The van der Waals surface area contributed by atoms with Gasteiger partial charge in [-0.2, -0.15) is 0 Å². The molecule has 4 nitrogen and oxygen atoms in total. The van der Waals surface area contributed by atoms with Crippen LogP contribution in [0.5, 0.6) is 0 Å². The van der Waals surface area contributed by atoms with E-state index >= 15 is 0 Å². The largest absolute Gasteiger partial charge is 0.381 e. The zero-order valence-electron chi connectivity index (χ0n) is 11.5. The number of nitrogens with zero attached hydrogens (tertiary/aromatic N) is 2. The van der Waals surface area contributed by atoms with Gasteiger partial charge in [0.15, 0.2) is 0 Å². The molecular formula is C14H22ClN3O. The summed E-state index contributed by atoms with van der Waals surface area (Å²) in [6, 6.07) is 1.77. The highest BCUT2D eigenvalue weighted by Crippen LogP contribution is 2.28. The second-order valence-corrected chi connectivity index (χ2v) is 5.43. The zero-order chi connectivity index (χ0) is 13.5. The highest BCUT2D eigenvalue weighted by molar-refractivity contribution is 6.29. The Bertz CT molecular complexity index is 396. The predicted octanol–water partition coefficient (Wildman–Crippen LogP) is 3.31. The van der Waals surface area contributed by atoms with Crippen molar-refractivity contribution < 1.29 is 4.74 Å². The molecule has 0 aliphatic heterocycles. The highest BCUT2D eigenvalue weighted by Gasteiger charge is 2.20. The quantitative estimate of drug-likeness (QED) is 0.558. The fraction of sp³-hybridized carbons (Fsp3) is 0.714. The van der Waals surface area contributed by atoms with Gasteiger partial charge in [-0.1, -0.05) is 18.5 Å². The molecule has 1 heterocycles. The summed E-state index contributed by atoms with van der Waals surface area (Å²) in [7, 11) is 0. The summed E-state index contributed by atoms with van der Waals surface area (Å²) >= 11 is 5.97. The topological polar surface area (TPSA) is 47.0 Å². The van der Waals surface area contributed by atoms with Gasteiger partial charge in [0.25, 0.3) is 0 Å². The Balaban J connectivity index is 1.65. The first-order valence-corrected chi connectivity index (χ1v) is 7.51. The van der Waals surface area contributed by atoms with Crippen LogP contribution in [0.15, 0.2) is 6.07 Å². The van der Waals surface area contributed by atoms with Crippen LogP contribution in [0, 0.1) is 5.92 Å². The third-order valence-electron chi connectivity index (χ3n) is 3.04. The van der Waals surface area contributed by atoms with Crippen molar-refractivity contribution in [3.8, 4) is 0 Å². The molecule has 0 amide bonds.